The van der Waals surface area contributed by atoms with E-state index in [1.807, 2.05) is 25.1 Å². The Morgan fingerprint density at radius 2 is 2.24 bits per heavy atom. The Kier molecular flexibility index (Phi) is 4.93. The van der Waals surface area contributed by atoms with E-state index >= 15 is 0 Å². The number of benzene rings is 1. The molecule has 0 bridgehead atoms. The van der Waals surface area contributed by atoms with Gasteiger partial charge in [0.2, 0.25) is 0 Å². The van der Waals surface area contributed by atoms with Crippen LogP contribution in [-0.4, -0.2) is 29.8 Å². The van der Waals surface area contributed by atoms with Crippen molar-refractivity contribution in [3.05, 3.63) is 29.8 Å². The van der Waals surface area contributed by atoms with Crippen LogP contribution in [0.3, 0.4) is 0 Å². The first-order chi connectivity index (χ1) is 7.99. The Hall–Kier alpha value is -1.59. The van der Waals surface area contributed by atoms with E-state index in [-0.39, 0.29) is 12.6 Å². The minimum atomic E-state index is -0.644. The van der Waals surface area contributed by atoms with Crippen LogP contribution in [0.4, 0.5) is 10.5 Å². The summed E-state index contributed by atoms with van der Waals surface area (Å²) in [6.07, 6.45) is -0.644. The van der Waals surface area contributed by atoms with E-state index in [0.717, 1.165) is 11.3 Å². The van der Waals surface area contributed by atoms with E-state index in [1.54, 1.807) is 13.0 Å². The molecule has 1 rings (SSSR count). The predicted octanol–water partition coefficient (Wildman–Crippen LogP) is 0.825. The molecular weight excluding hydrogens is 218 g/mol. The molecule has 2 unspecified atom stereocenters. The zero-order valence-corrected chi connectivity index (χ0v) is 10.1. The molecule has 0 saturated carbocycles. The summed E-state index contributed by atoms with van der Waals surface area (Å²) in [4.78, 5) is 11.5. The number of anilines is 1. The molecule has 5 nitrogen and oxygen atoms in total. The number of rotatable bonds is 4. The van der Waals surface area contributed by atoms with Gasteiger partial charge in [0.25, 0.3) is 0 Å². The standard InChI is InChI=1S/C12H19N3O2/c1-8-4-3-5-10(6-8)15-12(17)14-7-11(13)9(2)16/h3-6,9,11,16H,7,13H2,1-2H3,(H2,14,15,17). The third-order valence-electron chi connectivity index (χ3n) is 2.39. The fourth-order valence-electron chi connectivity index (χ4n) is 1.28. The van der Waals surface area contributed by atoms with Gasteiger partial charge in [0.05, 0.1) is 6.10 Å². The number of nitrogens with two attached hydrogens (primary N) is 1. The average molecular weight is 237 g/mol. The van der Waals surface area contributed by atoms with Crippen LogP contribution in [0.2, 0.25) is 0 Å². The van der Waals surface area contributed by atoms with Gasteiger partial charge >= 0.3 is 6.03 Å². The lowest BCUT2D eigenvalue weighted by molar-refractivity contribution is 0.162. The molecule has 0 radical (unpaired) electrons. The summed E-state index contributed by atoms with van der Waals surface area (Å²) in [6, 6.07) is 6.71. The molecule has 0 spiro atoms. The molecule has 0 aromatic heterocycles. The molecule has 0 heterocycles. The van der Waals surface area contributed by atoms with Gasteiger partial charge in [0.1, 0.15) is 0 Å². The quantitative estimate of drug-likeness (QED) is 0.625. The zero-order chi connectivity index (χ0) is 12.8. The van der Waals surface area contributed by atoms with Crippen molar-refractivity contribution in [3.63, 3.8) is 0 Å². The van der Waals surface area contributed by atoms with Crippen molar-refractivity contribution in [1.82, 2.24) is 5.32 Å². The summed E-state index contributed by atoms with van der Waals surface area (Å²) in [6.45, 7) is 3.77. The van der Waals surface area contributed by atoms with Gasteiger partial charge in [-0.2, -0.15) is 0 Å². The molecule has 94 valence electrons. The lowest BCUT2D eigenvalue weighted by Crippen LogP contribution is -2.44. The molecule has 17 heavy (non-hydrogen) atoms. The Bertz CT molecular complexity index is 380. The molecule has 5 N–H and O–H groups in total. The molecular formula is C12H19N3O2. The van der Waals surface area contributed by atoms with Gasteiger partial charge in [-0.05, 0) is 31.5 Å². The first-order valence-electron chi connectivity index (χ1n) is 5.54. The van der Waals surface area contributed by atoms with E-state index in [2.05, 4.69) is 10.6 Å². The average Bonchev–Trinajstić information content (AvgIpc) is 2.25. The number of hydrogen-bond acceptors (Lipinski definition) is 3. The highest BCUT2D eigenvalue weighted by molar-refractivity contribution is 5.89. The maximum Gasteiger partial charge on any atom is 0.319 e. The number of amides is 2. The second-order valence-electron chi connectivity index (χ2n) is 4.11. The molecule has 5 heteroatoms. The highest BCUT2D eigenvalue weighted by Crippen LogP contribution is 2.08. The first-order valence-corrected chi connectivity index (χ1v) is 5.54. The molecule has 0 aliphatic heterocycles. The third-order valence-corrected chi connectivity index (χ3v) is 2.39. The van der Waals surface area contributed by atoms with Gasteiger partial charge in [-0.25, -0.2) is 4.79 Å². The number of aryl methyl sites for hydroxylation is 1. The summed E-state index contributed by atoms with van der Waals surface area (Å²) in [7, 11) is 0. The monoisotopic (exact) mass is 237 g/mol. The SMILES string of the molecule is Cc1cccc(NC(=O)NCC(N)C(C)O)c1. The summed E-state index contributed by atoms with van der Waals surface area (Å²) in [5, 5.41) is 14.4. The second-order valence-corrected chi connectivity index (χ2v) is 4.11. The van der Waals surface area contributed by atoms with Crippen molar-refractivity contribution >= 4 is 11.7 Å². The third kappa shape index (κ3) is 4.84. The molecule has 1 aromatic rings. The molecule has 0 aliphatic rings. The van der Waals surface area contributed by atoms with E-state index < -0.39 is 12.1 Å². The van der Waals surface area contributed by atoms with Crippen molar-refractivity contribution < 1.29 is 9.90 Å². The maximum absolute atomic E-state index is 11.5. The topological polar surface area (TPSA) is 87.4 Å². The van der Waals surface area contributed by atoms with Crippen molar-refractivity contribution in [3.8, 4) is 0 Å². The molecule has 0 saturated heterocycles. The lowest BCUT2D eigenvalue weighted by Gasteiger charge is -2.15. The number of urea groups is 1. The fraction of sp³-hybridized carbons (Fsp3) is 0.417. The summed E-state index contributed by atoms with van der Waals surface area (Å²) >= 11 is 0. The van der Waals surface area contributed by atoms with Crippen molar-refractivity contribution in [2.24, 2.45) is 5.73 Å². The van der Waals surface area contributed by atoms with Gasteiger partial charge < -0.3 is 21.5 Å². The molecule has 0 aliphatic carbocycles. The van der Waals surface area contributed by atoms with Crippen LogP contribution in [0.5, 0.6) is 0 Å². The van der Waals surface area contributed by atoms with E-state index in [0.29, 0.717) is 0 Å². The molecule has 1 aromatic carbocycles. The van der Waals surface area contributed by atoms with Gasteiger partial charge in [-0.1, -0.05) is 12.1 Å². The maximum atomic E-state index is 11.5. The van der Waals surface area contributed by atoms with E-state index in [1.165, 1.54) is 0 Å². The second kappa shape index (κ2) is 6.22. The van der Waals surface area contributed by atoms with Crippen molar-refractivity contribution in [2.45, 2.75) is 26.0 Å². The van der Waals surface area contributed by atoms with Crippen LogP contribution in [0, 0.1) is 6.92 Å². The lowest BCUT2D eigenvalue weighted by atomic mass is 10.2. The summed E-state index contributed by atoms with van der Waals surface area (Å²) in [5.41, 5.74) is 7.39. The van der Waals surface area contributed by atoms with Crippen LogP contribution in [0.1, 0.15) is 12.5 Å². The predicted molar refractivity (Wildman–Crippen MR) is 67.9 cm³/mol. The Balaban J connectivity index is 2.40. The van der Waals surface area contributed by atoms with Crippen LogP contribution in [-0.2, 0) is 0 Å². The Morgan fingerprint density at radius 1 is 1.53 bits per heavy atom. The number of carbonyl (C=O) groups excluding carboxylic acids is 1. The molecule has 2 atom stereocenters. The number of aliphatic hydroxyl groups is 1. The largest absolute Gasteiger partial charge is 0.392 e. The van der Waals surface area contributed by atoms with E-state index in [4.69, 9.17) is 10.8 Å². The zero-order valence-electron chi connectivity index (χ0n) is 10.1. The summed E-state index contributed by atoms with van der Waals surface area (Å²) < 4.78 is 0. The first kappa shape index (κ1) is 13.5. The van der Waals surface area contributed by atoms with Crippen LogP contribution in [0.25, 0.3) is 0 Å². The Labute approximate surface area is 101 Å². The smallest absolute Gasteiger partial charge is 0.319 e. The number of aliphatic hydroxyl groups excluding tert-OH is 1. The molecule has 2 amide bonds. The molecule has 0 fully saturated rings. The highest BCUT2D eigenvalue weighted by Gasteiger charge is 2.10. The van der Waals surface area contributed by atoms with Gasteiger partial charge in [-0.15, -0.1) is 0 Å². The number of carbonyl (C=O) groups is 1. The summed E-state index contributed by atoms with van der Waals surface area (Å²) in [5.74, 6) is 0. The van der Waals surface area contributed by atoms with Gasteiger partial charge in [0.15, 0.2) is 0 Å². The van der Waals surface area contributed by atoms with Crippen LogP contribution >= 0.6 is 0 Å². The minimum absolute atomic E-state index is 0.231. The number of hydrogen-bond donors (Lipinski definition) is 4. The van der Waals surface area contributed by atoms with E-state index in [9.17, 15) is 4.79 Å². The van der Waals surface area contributed by atoms with Crippen molar-refractivity contribution in [1.29, 1.82) is 0 Å². The van der Waals surface area contributed by atoms with Crippen LogP contribution < -0.4 is 16.4 Å². The highest BCUT2D eigenvalue weighted by atomic mass is 16.3. The Morgan fingerprint density at radius 3 is 2.82 bits per heavy atom. The normalized spacial score (nSPS) is 13.9. The number of nitrogens with one attached hydrogen (secondary N) is 2. The van der Waals surface area contributed by atoms with Gasteiger partial charge in [-0.3, -0.25) is 0 Å². The van der Waals surface area contributed by atoms with Crippen LogP contribution in [0.15, 0.2) is 24.3 Å². The van der Waals surface area contributed by atoms with Gasteiger partial charge in [0, 0.05) is 18.3 Å². The minimum Gasteiger partial charge on any atom is -0.392 e. The fourth-order valence-corrected chi connectivity index (χ4v) is 1.28. The van der Waals surface area contributed by atoms with Crippen molar-refractivity contribution in [2.75, 3.05) is 11.9 Å².